The Balaban J connectivity index is 2.95. The Bertz CT molecular complexity index is 538. The van der Waals surface area contributed by atoms with Gasteiger partial charge in [0.2, 0.25) is 0 Å². The number of hydrogen-bond donors (Lipinski definition) is 1. The van der Waals surface area contributed by atoms with Gasteiger partial charge in [-0.1, -0.05) is 11.8 Å². The van der Waals surface area contributed by atoms with E-state index in [9.17, 15) is 24.3 Å². The zero-order valence-electron chi connectivity index (χ0n) is 14.6. The number of carboxylic acid groups (broad SMARTS) is 1. The predicted octanol–water partition coefficient (Wildman–Crippen LogP) is 1.78. The number of likely N-dealkylation sites (tertiary alicyclic amines) is 1. The van der Waals surface area contributed by atoms with E-state index in [1.54, 1.807) is 13.8 Å². The summed E-state index contributed by atoms with van der Waals surface area (Å²) in [4.78, 5) is 48.7. The van der Waals surface area contributed by atoms with Crippen LogP contribution in [0.15, 0.2) is 0 Å². The maximum Gasteiger partial charge on any atom is 0.521 e. The van der Waals surface area contributed by atoms with Crippen LogP contribution in [0.3, 0.4) is 0 Å². The van der Waals surface area contributed by atoms with Crippen molar-refractivity contribution in [1.29, 1.82) is 0 Å². The lowest BCUT2D eigenvalue weighted by atomic mass is 10.1. The first-order valence-corrected chi connectivity index (χ1v) is 8.67. The zero-order chi connectivity index (χ0) is 18.7. The minimum Gasteiger partial charge on any atom is -0.440 e. The number of quaternary nitrogens is 1. The van der Waals surface area contributed by atoms with E-state index in [4.69, 9.17) is 4.74 Å². The molecule has 3 amide bonds. The van der Waals surface area contributed by atoms with Crippen LogP contribution in [0.4, 0.5) is 9.59 Å². The van der Waals surface area contributed by atoms with Gasteiger partial charge in [-0.25, -0.2) is 9.59 Å². The summed E-state index contributed by atoms with van der Waals surface area (Å²) >= 11 is 0.999. The lowest BCUT2D eigenvalue weighted by Crippen LogP contribution is -2.61. The van der Waals surface area contributed by atoms with Crippen LogP contribution in [0.5, 0.6) is 0 Å². The van der Waals surface area contributed by atoms with Crippen LogP contribution in [0, 0.1) is 5.92 Å². The van der Waals surface area contributed by atoms with Crippen molar-refractivity contribution in [3.63, 3.8) is 0 Å². The smallest absolute Gasteiger partial charge is 0.440 e. The molecule has 1 unspecified atom stereocenters. The monoisotopic (exact) mass is 361 g/mol. The van der Waals surface area contributed by atoms with Gasteiger partial charge in [0, 0.05) is 33.2 Å². The molecule has 0 aromatic rings. The zero-order valence-corrected chi connectivity index (χ0v) is 15.5. The molecule has 1 N–H and O–H groups in total. The summed E-state index contributed by atoms with van der Waals surface area (Å²) in [6.07, 6.45) is -2.16. The standard InChI is InChI=1S/C15H24N2O6S/c1-9(8-24-11(3)18)13(19)17(15(21)22)7-12(6-10(17)2)23-14(20)16(4)5/h9-10,12H,6-8H2,1-5H3/p+1/t9?,10-,12+,17-/m1/s1. The highest BCUT2D eigenvalue weighted by molar-refractivity contribution is 8.13. The van der Waals surface area contributed by atoms with Crippen LogP contribution in [-0.2, 0) is 14.3 Å². The summed E-state index contributed by atoms with van der Waals surface area (Å²) in [7, 11) is 3.07. The molecule has 0 radical (unpaired) electrons. The van der Waals surface area contributed by atoms with Crippen LogP contribution >= 0.6 is 11.8 Å². The number of carbonyl (C=O) groups is 4. The van der Waals surface area contributed by atoms with Crippen molar-refractivity contribution in [2.24, 2.45) is 5.92 Å². The van der Waals surface area contributed by atoms with Gasteiger partial charge in [-0.05, 0) is 13.8 Å². The lowest BCUT2D eigenvalue weighted by molar-refractivity contribution is -0.795. The third-order valence-electron chi connectivity index (χ3n) is 4.17. The Morgan fingerprint density at radius 3 is 2.38 bits per heavy atom. The molecule has 0 bridgehead atoms. The highest BCUT2D eigenvalue weighted by Gasteiger charge is 2.58. The maximum absolute atomic E-state index is 12.8. The van der Waals surface area contributed by atoms with Crippen LogP contribution in [0.25, 0.3) is 0 Å². The van der Waals surface area contributed by atoms with Gasteiger partial charge in [0.15, 0.2) is 11.2 Å². The van der Waals surface area contributed by atoms with E-state index in [2.05, 4.69) is 0 Å². The van der Waals surface area contributed by atoms with E-state index >= 15 is 0 Å². The highest BCUT2D eigenvalue weighted by Crippen LogP contribution is 2.33. The van der Waals surface area contributed by atoms with E-state index in [1.807, 2.05) is 0 Å². The molecule has 0 spiro atoms. The topological polar surface area (TPSA) is 101 Å². The molecule has 136 valence electrons. The quantitative estimate of drug-likeness (QED) is 0.762. The van der Waals surface area contributed by atoms with Crippen molar-refractivity contribution in [3.8, 4) is 0 Å². The van der Waals surface area contributed by atoms with Crippen molar-refractivity contribution in [2.45, 2.75) is 39.3 Å². The van der Waals surface area contributed by atoms with Crippen molar-refractivity contribution in [2.75, 3.05) is 26.4 Å². The Kier molecular flexibility index (Phi) is 6.79. The fraction of sp³-hybridized carbons (Fsp3) is 0.733. The number of nitrogens with zero attached hydrogens (tertiary/aromatic N) is 2. The molecule has 4 atom stereocenters. The first-order chi connectivity index (χ1) is 11.0. The number of carbonyl (C=O) groups excluding carboxylic acids is 3. The number of thioether (sulfide) groups is 1. The molecule has 1 rings (SSSR count). The molecule has 1 aliphatic heterocycles. The predicted molar refractivity (Wildman–Crippen MR) is 88.5 cm³/mol. The summed E-state index contributed by atoms with van der Waals surface area (Å²) in [6, 6.07) is -0.514. The van der Waals surface area contributed by atoms with Gasteiger partial charge >= 0.3 is 18.1 Å². The van der Waals surface area contributed by atoms with Crippen molar-refractivity contribution < 1.29 is 33.5 Å². The molecule has 0 aromatic carbocycles. The summed E-state index contributed by atoms with van der Waals surface area (Å²) in [5.41, 5.74) is 0. The molecule has 8 nitrogen and oxygen atoms in total. The third kappa shape index (κ3) is 4.27. The maximum atomic E-state index is 12.8. The van der Waals surface area contributed by atoms with Crippen LogP contribution in [0.1, 0.15) is 27.2 Å². The van der Waals surface area contributed by atoms with Crippen LogP contribution < -0.4 is 0 Å². The summed E-state index contributed by atoms with van der Waals surface area (Å²) in [5.74, 6) is -0.830. The summed E-state index contributed by atoms with van der Waals surface area (Å²) in [5, 5.41) is 9.60. The molecule has 1 heterocycles. The molecule has 0 aliphatic carbocycles. The average molecular weight is 361 g/mol. The van der Waals surface area contributed by atoms with Crippen LogP contribution in [0.2, 0.25) is 0 Å². The molecular weight excluding hydrogens is 336 g/mol. The normalized spacial score (nSPS) is 27.4. The molecule has 24 heavy (non-hydrogen) atoms. The fourth-order valence-corrected chi connectivity index (χ4v) is 3.47. The van der Waals surface area contributed by atoms with E-state index in [1.165, 1.54) is 25.9 Å². The van der Waals surface area contributed by atoms with Crippen molar-refractivity contribution in [3.05, 3.63) is 0 Å². The van der Waals surface area contributed by atoms with Crippen molar-refractivity contribution >= 4 is 35.0 Å². The second-order valence-electron chi connectivity index (χ2n) is 6.36. The van der Waals surface area contributed by atoms with Gasteiger partial charge in [-0.3, -0.25) is 4.79 Å². The number of amides is 3. The van der Waals surface area contributed by atoms with E-state index in [0.717, 1.165) is 11.8 Å². The lowest BCUT2D eigenvalue weighted by Gasteiger charge is -2.31. The molecule has 1 fully saturated rings. The van der Waals surface area contributed by atoms with Gasteiger partial charge < -0.3 is 14.7 Å². The Labute approximate surface area is 145 Å². The highest BCUT2D eigenvalue weighted by atomic mass is 32.2. The summed E-state index contributed by atoms with van der Waals surface area (Å²) in [6.45, 7) is 4.59. The van der Waals surface area contributed by atoms with Crippen molar-refractivity contribution in [1.82, 2.24) is 4.90 Å². The fourth-order valence-electron chi connectivity index (χ4n) is 2.84. The van der Waals surface area contributed by atoms with Gasteiger partial charge in [0.25, 0.3) is 0 Å². The first-order valence-electron chi connectivity index (χ1n) is 7.69. The molecular formula is C15H25N2O6S+. The Hall–Kier alpha value is -1.61. The van der Waals surface area contributed by atoms with E-state index < -0.39 is 40.6 Å². The van der Waals surface area contributed by atoms with E-state index in [0.29, 0.717) is 6.42 Å². The molecule has 1 saturated heterocycles. The molecule has 0 aromatic heterocycles. The number of hydrogen-bond acceptors (Lipinski definition) is 6. The molecule has 1 aliphatic rings. The Morgan fingerprint density at radius 1 is 1.33 bits per heavy atom. The van der Waals surface area contributed by atoms with Gasteiger partial charge in [0.1, 0.15) is 12.6 Å². The average Bonchev–Trinajstić information content (AvgIpc) is 2.81. The summed E-state index contributed by atoms with van der Waals surface area (Å²) < 4.78 is 4.50. The number of ether oxygens (including phenoxy) is 1. The van der Waals surface area contributed by atoms with Gasteiger partial charge in [-0.2, -0.15) is 9.28 Å². The molecule has 9 heteroatoms. The second kappa shape index (κ2) is 7.98. The second-order valence-corrected chi connectivity index (χ2v) is 7.56. The number of rotatable bonds is 4. The third-order valence-corrected chi connectivity index (χ3v) is 5.25. The van der Waals surface area contributed by atoms with Gasteiger partial charge in [0.05, 0.1) is 5.92 Å². The van der Waals surface area contributed by atoms with Crippen LogP contribution in [-0.4, -0.2) is 76.2 Å². The first kappa shape index (κ1) is 20.4. The SMILES string of the molecule is CC(=O)SCC(C)C(=O)[N@@+]1(C(=O)O)C[C@@H](OC(=O)N(C)C)C[C@H]1C. The molecule has 0 saturated carbocycles. The number of imide groups is 1. The Morgan fingerprint density at radius 2 is 1.92 bits per heavy atom. The largest absolute Gasteiger partial charge is 0.521 e. The van der Waals surface area contributed by atoms with Gasteiger partial charge in [-0.15, -0.1) is 0 Å². The minimum atomic E-state index is -1.25. The van der Waals surface area contributed by atoms with E-state index in [-0.39, 0.29) is 17.4 Å². The minimum absolute atomic E-state index is 0.0933.